The van der Waals surface area contributed by atoms with Crippen LogP contribution < -0.4 is 4.90 Å². The van der Waals surface area contributed by atoms with Crippen LogP contribution in [0.4, 0.5) is 5.69 Å². The summed E-state index contributed by atoms with van der Waals surface area (Å²) in [5.41, 5.74) is 6.92. The van der Waals surface area contributed by atoms with Crippen LogP contribution in [0.2, 0.25) is 5.02 Å². The molecule has 10 heteroatoms. The van der Waals surface area contributed by atoms with Crippen molar-refractivity contribution in [2.24, 2.45) is 0 Å². The highest BCUT2D eigenvalue weighted by Crippen LogP contribution is 2.31. The summed E-state index contributed by atoms with van der Waals surface area (Å²) in [7, 11) is 2.11. The van der Waals surface area contributed by atoms with Crippen molar-refractivity contribution in [3.05, 3.63) is 82.6 Å². The molecular weight excluding hydrogens is 556 g/mol. The van der Waals surface area contributed by atoms with Crippen LogP contribution in [0.3, 0.4) is 0 Å². The second kappa shape index (κ2) is 14.3. The number of halogens is 4. The lowest BCUT2D eigenvalue weighted by atomic mass is 10.00. The van der Waals surface area contributed by atoms with Crippen LogP contribution in [0.25, 0.3) is 11.0 Å². The van der Waals surface area contributed by atoms with Crippen molar-refractivity contribution in [2.45, 2.75) is 30.3 Å². The number of nitrogens with one attached hydrogen (secondary N) is 1. The molecule has 0 fully saturated rings. The predicted octanol–water partition coefficient (Wildman–Crippen LogP) is 7.05. The second-order valence-electron chi connectivity index (χ2n) is 8.51. The maximum absolute atomic E-state index is 6.77. The van der Waals surface area contributed by atoms with Crippen LogP contribution in [-0.2, 0) is 18.7 Å². The molecule has 0 aliphatic carbocycles. The van der Waals surface area contributed by atoms with E-state index in [0.29, 0.717) is 5.75 Å². The first-order valence-electron chi connectivity index (χ1n) is 11.4. The maximum atomic E-state index is 6.77. The SMILES string of the molecule is CN(CCCN1CCc2ccccc2C1)c1ccnc(CSc2nc3ccccc3[nH]2)c1Cl.Cl.Cl.Cl. The number of thioether (sulfide) groups is 1. The quantitative estimate of drug-likeness (QED) is 0.224. The van der Waals surface area contributed by atoms with Gasteiger partial charge in [0.2, 0.25) is 0 Å². The van der Waals surface area contributed by atoms with E-state index in [0.717, 1.165) is 71.6 Å². The number of nitrogens with zero attached hydrogens (tertiary/aromatic N) is 4. The van der Waals surface area contributed by atoms with E-state index < -0.39 is 0 Å². The lowest BCUT2D eigenvalue weighted by Crippen LogP contribution is -2.33. The van der Waals surface area contributed by atoms with Crippen molar-refractivity contribution in [1.82, 2.24) is 19.9 Å². The Morgan fingerprint density at radius 2 is 1.78 bits per heavy atom. The third-order valence-corrected chi connectivity index (χ3v) is 7.54. The zero-order valence-electron chi connectivity index (χ0n) is 20.0. The zero-order valence-corrected chi connectivity index (χ0v) is 24.0. The number of anilines is 1. The molecule has 0 unspecified atom stereocenters. The van der Waals surface area contributed by atoms with Crippen molar-refractivity contribution >= 4 is 77.3 Å². The molecule has 5 rings (SSSR count). The summed E-state index contributed by atoms with van der Waals surface area (Å²) < 4.78 is 0. The van der Waals surface area contributed by atoms with Crippen LogP contribution in [0.15, 0.2) is 66.0 Å². The fourth-order valence-corrected chi connectivity index (χ4v) is 5.64. The Morgan fingerprint density at radius 1 is 1.03 bits per heavy atom. The average Bonchev–Trinajstić information content (AvgIpc) is 3.26. The number of hydrogen-bond acceptors (Lipinski definition) is 5. The Labute approximate surface area is 240 Å². The van der Waals surface area contributed by atoms with E-state index in [2.05, 4.69) is 56.1 Å². The standard InChI is InChI=1S/C26H28ClN5S.3ClH/c1-31(14-6-15-32-16-12-19-7-2-3-8-20(19)17-32)24-11-13-28-23(25(24)27)18-33-26-29-21-9-4-5-10-22(21)30-26;;;/h2-5,7-11,13H,6,12,14-18H2,1H3,(H,29,30);3*1H. The molecule has 2 aromatic carbocycles. The predicted molar refractivity (Wildman–Crippen MR) is 160 cm³/mol. The van der Waals surface area contributed by atoms with E-state index in [1.807, 2.05) is 36.5 Å². The van der Waals surface area contributed by atoms with Gasteiger partial charge in [0.05, 0.1) is 27.4 Å². The Bertz CT molecular complexity index is 1220. The Morgan fingerprint density at radius 3 is 2.58 bits per heavy atom. The lowest BCUT2D eigenvalue weighted by molar-refractivity contribution is 0.252. The second-order valence-corrected chi connectivity index (χ2v) is 9.85. The summed E-state index contributed by atoms with van der Waals surface area (Å²) >= 11 is 8.40. The number of pyridine rings is 1. The van der Waals surface area contributed by atoms with Crippen LogP contribution in [0.5, 0.6) is 0 Å². The molecule has 0 radical (unpaired) electrons. The number of rotatable bonds is 8. The first-order chi connectivity index (χ1) is 16.2. The Kier molecular flexibility index (Phi) is 12.2. The monoisotopic (exact) mass is 585 g/mol. The molecule has 0 amide bonds. The van der Waals surface area contributed by atoms with Crippen LogP contribution >= 0.6 is 60.6 Å². The van der Waals surface area contributed by atoms with Gasteiger partial charge >= 0.3 is 0 Å². The van der Waals surface area contributed by atoms with Crippen molar-refractivity contribution in [3.63, 3.8) is 0 Å². The number of benzene rings is 2. The molecule has 4 aromatic rings. The topological polar surface area (TPSA) is 48.1 Å². The van der Waals surface area contributed by atoms with Gasteiger partial charge in [-0.2, -0.15) is 0 Å². The summed E-state index contributed by atoms with van der Waals surface area (Å²) in [6, 6.07) is 18.9. The molecular formula is C26H31Cl4N5S. The van der Waals surface area contributed by atoms with Crippen LogP contribution in [0.1, 0.15) is 23.2 Å². The van der Waals surface area contributed by atoms with Gasteiger partial charge in [0, 0.05) is 45.2 Å². The zero-order chi connectivity index (χ0) is 22.6. The molecule has 2 aromatic heterocycles. The van der Waals surface area contributed by atoms with Gasteiger partial charge in [-0.15, -0.1) is 37.2 Å². The molecule has 0 saturated heterocycles. The first-order valence-corrected chi connectivity index (χ1v) is 12.7. The number of fused-ring (bicyclic) bond motifs is 2. The van der Waals surface area contributed by atoms with E-state index in [9.17, 15) is 0 Å². The third-order valence-electron chi connectivity index (χ3n) is 6.24. The molecule has 194 valence electrons. The highest BCUT2D eigenvalue weighted by molar-refractivity contribution is 7.98. The van der Waals surface area contributed by atoms with Crippen LogP contribution in [-0.4, -0.2) is 46.5 Å². The van der Waals surface area contributed by atoms with Gasteiger partial charge in [-0.1, -0.05) is 59.8 Å². The number of aromatic amines is 1. The van der Waals surface area contributed by atoms with Gasteiger partial charge in [-0.05, 0) is 42.2 Å². The number of hydrogen-bond donors (Lipinski definition) is 1. The Hall–Kier alpha value is -1.67. The van der Waals surface area contributed by atoms with Gasteiger partial charge in [0.15, 0.2) is 5.16 Å². The highest BCUT2D eigenvalue weighted by atomic mass is 35.5. The molecule has 0 saturated carbocycles. The minimum absolute atomic E-state index is 0. The number of para-hydroxylation sites is 2. The minimum atomic E-state index is 0. The summed E-state index contributed by atoms with van der Waals surface area (Å²) in [5.74, 6) is 0.674. The van der Waals surface area contributed by atoms with Crippen molar-refractivity contribution < 1.29 is 0 Å². The molecule has 1 aliphatic rings. The van der Waals surface area contributed by atoms with Gasteiger partial charge < -0.3 is 9.88 Å². The molecule has 0 spiro atoms. The number of H-pyrrole nitrogens is 1. The van der Waals surface area contributed by atoms with Gasteiger partial charge in [-0.3, -0.25) is 9.88 Å². The minimum Gasteiger partial charge on any atom is -0.373 e. The molecule has 3 heterocycles. The fourth-order valence-electron chi connectivity index (χ4n) is 4.40. The van der Waals surface area contributed by atoms with E-state index in [1.165, 1.54) is 11.1 Å². The fraction of sp³-hybridized carbons (Fsp3) is 0.308. The van der Waals surface area contributed by atoms with E-state index in [4.69, 9.17) is 11.6 Å². The molecule has 36 heavy (non-hydrogen) atoms. The molecule has 0 atom stereocenters. The van der Waals surface area contributed by atoms with Crippen LogP contribution in [0, 0.1) is 0 Å². The number of imidazole rings is 1. The normalized spacial score (nSPS) is 12.7. The summed E-state index contributed by atoms with van der Waals surface area (Å²) in [4.78, 5) is 17.3. The van der Waals surface area contributed by atoms with E-state index in [-0.39, 0.29) is 37.2 Å². The summed E-state index contributed by atoms with van der Waals surface area (Å²) in [6.45, 7) is 4.24. The van der Waals surface area contributed by atoms with Crippen molar-refractivity contribution in [1.29, 1.82) is 0 Å². The van der Waals surface area contributed by atoms with Gasteiger partial charge in [-0.25, -0.2) is 4.98 Å². The highest BCUT2D eigenvalue weighted by Gasteiger charge is 2.16. The third kappa shape index (κ3) is 7.21. The van der Waals surface area contributed by atoms with Gasteiger partial charge in [0.25, 0.3) is 0 Å². The molecule has 1 aliphatic heterocycles. The first kappa shape index (κ1) is 30.6. The van der Waals surface area contributed by atoms with Crippen molar-refractivity contribution in [2.75, 3.05) is 31.6 Å². The average molecular weight is 587 g/mol. The maximum Gasteiger partial charge on any atom is 0.166 e. The molecule has 0 bridgehead atoms. The molecule has 5 nitrogen and oxygen atoms in total. The Balaban J connectivity index is 0.00000152. The van der Waals surface area contributed by atoms with Crippen molar-refractivity contribution in [3.8, 4) is 0 Å². The lowest BCUT2D eigenvalue weighted by Gasteiger charge is -2.29. The van der Waals surface area contributed by atoms with Gasteiger partial charge in [0.1, 0.15) is 0 Å². The largest absolute Gasteiger partial charge is 0.373 e. The smallest absolute Gasteiger partial charge is 0.166 e. The van der Waals surface area contributed by atoms with E-state index in [1.54, 1.807) is 11.8 Å². The summed E-state index contributed by atoms with van der Waals surface area (Å²) in [6.07, 6.45) is 4.10. The summed E-state index contributed by atoms with van der Waals surface area (Å²) in [5, 5.41) is 1.62. The van der Waals surface area contributed by atoms with E-state index >= 15 is 0 Å². The number of aromatic nitrogens is 3. The molecule has 1 N–H and O–H groups in total.